The molecular weight excluding hydrogens is 376 g/mol. The molecule has 6 heteroatoms. The summed E-state index contributed by atoms with van der Waals surface area (Å²) in [5.41, 5.74) is 0. The molecule has 2 rings (SSSR count). The van der Waals surface area contributed by atoms with Crippen molar-refractivity contribution in [3.05, 3.63) is 30.3 Å². The number of ether oxygens (including phenoxy) is 3. The fourth-order valence-corrected chi connectivity index (χ4v) is 5.30. The number of methoxy groups -OCH3 is 1. The van der Waals surface area contributed by atoms with Gasteiger partial charge < -0.3 is 14.2 Å². The Kier molecular flexibility index (Phi) is 7.96. The number of hydrogen-bond acceptors (Lipinski definition) is 6. The molecule has 1 aromatic rings. The van der Waals surface area contributed by atoms with Crippen LogP contribution in [0.5, 0.6) is 0 Å². The maximum absolute atomic E-state index is 12.9. The van der Waals surface area contributed by atoms with Gasteiger partial charge in [0.2, 0.25) is 4.93 Å². The standard InChI is InChI=1S/C22H32O5S/c1-7-19(26-17(5)23)16(4)20-15(3)14(2)13-22(27-20,21(24)25-6)28-18-11-9-8-10-12-18/h8-12,14-16,19-20H,7,13H2,1-6H3/t14?,15-,16+,19+,20+,22?/m0/s1. The molecule has 5 nitrogen and oxygen atoms in total. The second kappa shape index (κ2) is 9.79. The van der Waals surface area contributed by atoms with Crippen molar-refractivity contribution in [2.45, 2.75) is 69.5 Å². The lowest BCUT2D eigenvalue weighted by Crippen LogP contribution is -2.54. The molecular formula is C22H32O5S. The molecule has 0 saturated carbocycles. The molecule has 0 aliphatic carbocycles. The van der Waals surface area contributed by atoms with Crippen molar-refractivity contribution in [2.75, 3.05) is 7.11 Å². The lowest BCUT2D eigenvalue weighted by molar-refractivity contribution is -0.194. The van der Waals surface area contributed by atoms with Gasteiger partial charge in [0.1, 0.15) is 6.10 Å². The van der Waals surface area contributed by atoms with E-state index in [4.69, 9.17) is 14.2 Å². The zero-order chi connectivity index (χ0) is 20.9. The van der Waals surface area contributed by atoms with E-state index in [1.807, 2.05) is 44.2 Å². The van der Waals surface area contributed by atoms with E-state index in [0.29, 0.717) is 12.8 Å². The molecule has 0 N–H and O–H groups in total. The van der Waals surface area contributed by atoms with Crippen molar-refractivity contribution in [2.24, 2.45) is 17.8 Å². The average Bonchev–Trinajstić information content (AvgIpc) is 2.68. The van der Waals surface area contributed by atoms with Crippen LogP contribution in [0.4, 0.5) is 0 Å². The van der Waals surface area contributed by atoms with Gasteiger partial charge in [0.25, 0.3) is 0 Å². The van der Waals surface area contributed by atoms with Gasteiger partial charge in [-0.2, -0.15) is 0 Å². The van der Waals surface area contributed by atoms with Crippen molar-refractivity contribution < 1.29 is 23.8 Å². The number of esters is 2. The van der Waals surface area contributed by atoms with Crippen molar-refractivity contribution in [3.8, 4) is 0 Å². The van der Waals surface area contributed by atoms with Crippen LogP contribution in [0.2, 0.25) is 0 Å². The predicted molar refractivity (Wildman–Crippen MR) is 110 cm³/mol. The highest BCUT2D eigenvalue weighted by Crippen LogP contribution is 2.49. The molecule has 0 radical (unpaired) electrons. The van der Waals surface area contributed by atoms with Crippen molar-refractivity contribution in [1.82, 2.24) is 0 Å². The molecule has 2 unspecified atom stereocenters. The van der Waals surface area contributed by atoms with Crippen LogP contribution in [-0.2, 0) is 23.8 Å². The molecule has 1 heterocycles. The summed E-state index contributed by atoms with van der Waals surface area (Å²) in [5, 5.41) is 0. The van der Waals surface area contributed by atoms with Gasteiger partial charge in [0.05, 0.1) is 13.2 Å². The molecule has 0 aromatic heterocycles. The number of rotatable bonds is 7. The van der Waals surface area contributed by atoms with E-state index in [0.717, 1.165) is 4.90 Å². The fourth-order valence-electron chi connectivity index (χ4n) is 3.96. The zero-order valence-electron chi connectivity index (χ0n) is 17.6. The zero-order valence-corrected chi connectivity index (χ0v) is 18.5. The summed E-state index contributed by atoms with van der Waals surface area (Å²) >= 11 is 1.40. The summed E-state index contributed by atoms with van der Waals surface area (Å²) in [7, 11) is 1.40. The molecule has 1 saturated heterocycles. The number of thioether (sulfide) groups is 1. The molecule has 1 fully saturated rings. The SMILES string of the molecule is CC[C@@H](OC(C)=O)[C@@H](C)[C@@H]1OC(Sc2ccccc2)(C(=O)OC)CC(C)[C@@H]1C. The second-order valence-corrected chi connectivity index (χ2v) is 9.03. The first kappa shape index (κ1) is 22.8. The van der Waals surface area contributed by atoms with E-state index in [2.05, 4.69) is 13.8 Å². The Morgan fingerprint density at radius 1 is 1.29 bits per heavy atom. The topological polar surface area (TPSA) is 61.8 Å². The first-order chi connectivity index (χ1) is 13.2. The van der Waals surface area contributed by atoms with Gasteiger partial charge in [0, 0.05) is 24.2 Å². The van der Waals surface area contributed by atoms with Crippen LogP contribution < -0.4 is 0 Å². The quantitative estimate of drug-likeness (QED) is 0.610. The average molecular weight is 409 g/mol. The van der Waals surface area contributed by atoms with Gasteiger partial charge in [0.15, 0.2) is 0 Å². The number of benzene rings is 1. The summed E-state index contributed by atoms with van der Waals surface area (Å²) < 4.78 is 17.2. The maximum Gasteiger partial charge on any atom is 0.349 e. The van der Waals surface area contributed by atoms with E-state index in [1.54, 1.807) is 0 Å². The molecule has 0 amide bonds. The Labute approximate surface area is 172 Å². The van der Waals surface area contributed by atoms with Gasteiger partial charge in [-0.15, -0.1) is 0 Å². The summed E-state index contributed by atoms with van der Waals surface area (Å²) in [6.45, 7) is 9.73. The van der Waals surface area contributed by atoms with Gasteiger partial charge in [-0.3, -0.25) is 4.79 Å². The smallest absolute Gasteiger partial charge is 0.349 e. The lowest BCUT2D eigenvalue weighted by atomic mass is 9.77. The summed E-state index contributed by atoms with van der Waals surface area (Å²) in [6.07, 6.45) is 0.767. The van der Waals surface area contributed by atoms with Gasteiger partial charge >= 0.3 is 11.9 Å². The van der Waals surface area contributed by atoms with Crippen LogP contribution in [-0.4, -0.2) is 36.2 Å². The number of carbonyl (C=O) groups excluding carboxylic acids is 2. The summed E-state index contributed by atoms with van der Waals surface area (Å²) in [5.74, 6) is -0.266. The van der Waals surface area contributed by atoms with Gasteiger partial charge in [-0.1, -0.05) is 57.7 Å². The van der Waals surface area contributed by atoms with Crippen molar-refractivity contribution >= 4 is 23.7 Å². The molecule has 0 bridgehead atoms. The summed E-state index contributed by atoms with van der Waals surface area (Å²) in [4.78, 5) is 24.2. The number of carbonyl (C=O) groups is 2. The predicted octanol–water partition coefficient (Wildman–Crippen LogP) is 4.69. The third-order valence-corrected chi connectivity index (χ3v) is 6.95. The molecule has 1 aliphatic rings. The first-order valence-electron chi connectivity index (χ1n) is 9.91. The molecule has 28 heavy (non-hydrogen) atoms. The number of hydrogen-bond donors (Lipinski definition) is 0. The Hall–Kier alpha value is -1.53. The normalized spacial score (nSPS) is 29.6. The second-order valence-electron chi connectivity index (χ2n) is 7.70. The van der Waals surface area contributed by atoms with Crippen LogP contribution in [0, 0.1) is 17.8 Å². The highest BCUT2D eigenvalue weighted by atomic mass is 32.2. The third-order valence-electron chi connectivity index (χ3n) is 5.68. The van der Waals surface area contributed by atoms with Crippen LogP contribution in [0.3, 0.4) is 0 Å². The minimum absolute atomic E-state index is 0.0490. The van der Waals surface area contributed by atoms with Crippen molar-refractivity contribution in [1.29, 1.82) is 0 Å². The van der Waals surface area contributed by atoms with Crippen LogP contribution >= 0.6 is 11.8 Å². The third kappa shape index (κ3) is 5.09. The van der Waals surface area contributed by atoms with Crippen LogP contribution in [0.1, 0.15) is 47.5 Å². The Balaban J connectivity index is 2.36. The first-order valence-corrected chi connectivity index (χ1v) is 10.7. The van der Waals surface area contributed by atoms with E-state index in [1.165, 1.54) is 25.8 Å². The minimum Gasteiger partial charge on any atom is -0.466 e. The van der Waals surface area contributed by atoms with Crippen LogP contribution in [0.15, 0.2) is 35.2 Å². The molecule has 1 aromatic carbocycles. The monoisotopic (exact) mass is 408 g/mol. The maximum atomic E-state index is 12.9. The van der Waals surface area contributed by atoms with E-state index >= 15 is 0 Å². The van der Waals surface area contributed by atoms with Crippen LogP contribution in [0.25, 0.3) is 0 Å². The largest absolute Gasteiger partial charge is 0.466 e. The summed E-state index contributed by atoms with van der Waals surface area (Å²) in [6, 6.07) is 9.75. The molecule has 156 valence electrons. The lowest BCUT2D eigenvalue weighted by Gasteiger charge is -2.47. The highest BCUT2D eigenvalue weighted by molar-refractivity contribution is 8.01. The molecule has 1 aliphatic heterocycles. The Morgan fingerprint density at radius 2 is 1.93 bits per heavy atom. The van der Waals surface area contributed by atoms with Gasteiger partial charge in [-0.25, -0.2) is 4.79 Å². The minimum atomic E-state index is -1.12. The fraction of sp³-hybridized carbons (Fsp3) is 0.636. The molecule has 0 spiro atoms. The van der Waals surface area contributed by atoms with E-state index in [-0.39, 0.29) is 41.9 Å². The van der Waals surface area contributed by atoms with E-state index < -0.39 is 4.93 Å². The van der Waals surface area contributed by atoms with Gasteiger partial charge in [-0.05, 0) is 30.4 Å². The Bertz CT molecular complexity index is 664. The molecule has 6 atom stereocenters. The highest BCUT2D eigenvalue weighted by Gasteiger charge is 2.53. The van der Waals surface area contributed by atoms with Crippen molar-refractivity contribution in [3.63, 3.8) is 0 Å². The van der Waals surface area contributed by atoms with E-state index in [9.17, 15) is 9.59 Å². The Morgan fingerprint density at radius 3 is 2.46 bits per heavy atom.